The molecule has 1 aliphatic rings. The Bertz CT molecular complexity index is 402. The molecular formula is C16H25NO. The summed E-state index contributed by atoms with van der Waals surface area (Å²) >= 11 is 0. The molecule has 1 saturated heterocycles. The largest absolute Gasteiger partial charge is 0.378 e. The van der Waals surface area contributed by atoms with Gasteiger partial charge in [0, 0.05) is 18.6 Å². The molecule has 0 amide bonds. The quantitative estimate of drug-likeness (QED) is 0.880. The van der Waals surface area contributed by atoms with Crippen LogP contribution in [0.3, 0.4) is 0 Å². The molecule has 1 N–H and O–H groups in total. The lowest BCUT2D eigenvalue weighted by Crippen LogP contribution is -2.31. The third-order valence-electron chi connectivity index (χ3n) is 4.16. The minimum Gasteiger partial charge on any atom is -0.378 e. The summed E-state index contributed by atoms with van der Waals surface area (Å²) in [4.78, 5) is 0. The average molecular weight is 247 g/mol. The van der Waals surface area contributed by atoms with E-state index in [1.165, 1.54) is 16.7 Å². The van der Waals surface area contributed by atoms with Gasteiger partial charge >= 0.3 is 0 Å². The van der Waals surface area contributed by atoms with Gasteiger partial charge in [-0.2, -0.15) is 0 Å². The molecule has 1 aliphatic heterocycles. The first-order valence-corrected chi connectivity index (χ1v) is 7.03. The molecule has 100 valence electrons. The molecule has 3 unspecified atom stereocenters. The first-order valence-electron chi connectivity index (χ1n) is 7.03. The van der Waals surface area contributed by atoms with Gasteiger partial charge in [0.25, 0.3) is 0 Å². The molecule has 0 bridgehead atoms. The Morgan fingerprint density at radius 3 is 2.78 bits per heavy atom. The van der Waals surface area contributed by atoms with Gasteiger partial charge in [0.1, 0.15) is 0 Å². The van der Waals surface area contributed by atoms with Crippen LogP contribution < -0.4 is 5.32 Å². The monoisotopic (exact) mass is 247 g/mol. The summed E-state index contributed by atoms with van der Waals surface area (Å²) < 4.78 is 5.84. The van der Waals surface area contributed by atoms with E-state index in [-0.39, 0.29) is 0 Å². The molecule has 0 saturated carbocycles. The van der Waals surface area contributed by atoms with Crippen molar-refractivity contribution in [3.05, 3.63) is 34.9 Å². The summed E-state index contributed by atoms with van der Waals surface area (Å²) in [7, 11) is 2.06. The highest BCUT2D eigenvalue weighted by Gasteiger charge is 2.34. The summed E-state index contributed by atoms with van der Waals surface area (Å²) in [6.07, 6.45) is 2.67. The van der Waals surface area contributed by atoms with Gasteiger partial charge in [-0.3, -0.25) is 0 Å². The Labute approximate surface area is 111 Å². The molecule has 0 spiro atoms. The van der Waals surface area contributed by atoms with Crippen LogP contribution >= 0.6 is 0 Å². The number of rotatable bonds is 4. The first kappa shape index (κ1) is 13.6. The van der Waals surface area contributed by atoms with E-state index in [0.717, 1.165) is 19.4 Å². The fourth-order valence-corrected chi connectivity index (χ4v) is 3.24. The average Bonchev–Trinajstić information content (AvgIpc) is 2.81. The second-order valence-corrected chi connectivity index (χ2v) is 5.40. The van der Waals surface area contributed by atoms with Gasteiger partial charge in [-0.15, -0.1) is 0 Å². The van der Waals surface area contributed by atoms with Crippen molar-refractivity contribution in [1.82, 2.24) is 5.32 Å². The number of ether oxygens (including phenoxy) is 1. The zero-order valence-corrected chi connectivity index (χ0v) is 12.0. The van der Waals surface area contributed by atoms with Crippen molar-refractivity contribution in [2.45, 2.75) is 45.8 Å². The molecule has 2 heteroatoms. The highest BCUT2D eigenvalue weighted by Crippen LogP contribution is 2.35. The summed E-state index contributed by atoms with van der Waals surface area (Å²) in [6, 6.07) is 7.18. The normalized spacial score (nSPS) is 25.3. The molecule has 1 aromatic carbocycles. The van der Waals surface area contributed by atoms with Crippen molar-refractivity contribution < 1.29 is 4.74 Å². The van der Waals surface area contributed by atoms with Crippen LogP contribution in [0.25, 0.3) is 0 Å². The summed E-state index contributed by atoms with van der Waals surface area (Å²) in [5, 5.41) is 3.50. The van der Waals surface area contributed by atoms with Gasteiger partial charge in [-0.25, -0.2) is 0 Å². The lowest BCUT2D eigenvalue weighted by Gasteiger charge is -2.28. The predicted molar refractivity (Wildman–Crippen MR) is 75.9 cm³/mol. The lowest BCUT2D eigenvalue weighted by molar-refractivity contribution is 0.0782. The second kappa shape index (κ2) is 5.85. The topological polar surface area (TPSA) is 21.3 Å². The van der Waals surface area contributed by atoms with Gasteiger partial charge in [-0.1, -0.05) is 30.7 Å². The molecule has 2 rings (SSSR count). The molecule has 1 aromatic rings. The first-order chi connectivity index (χ1) is 8.67. The number of aryl methyl sites for hydroxylation is 2. The summed E-state index contributed by atoms with van der Waals surface area (Å²) in [5.74, 6) is 0.599. The Balaban J connectivity index is 2.27. The zero-order chi connectivity index (χ0) is 13.1. The predicted octanol–water partition coefficient (Wildman–Crippen LogP) is 3.38. The minimum absolute atomic E-state index is 0.406. The smallest absolute Gasteiger partial charge is 0.0619 e. The Hall–Kier alpha value is -0.860. The summed E-state index contributed by atoms with van der Waals surface area (Å²) in [5.41, 5.74) is 4.15. The maximum absolute atomic E-state index is 5.84. The van der Waals surface area contributed by atoms with Crippen LogP contribution in [0.15, 0.2) is 18.2 Å². The van der Waals surface area contributed by atoms with Gasteiger partial charge < -0.3 is 10.1 Å². The van der Waals surface area contributed by atoms with E-state index in [9.17, 15) is 0 Å². The van der Waals surface area contributed by atoms with Crippen LogP contribution in [0.4, 0.5) is 0 Å². The van der Waals surface area contributed by atoms with Crippen LogP contribution in [-0.2, 0) is 4.74 Å². The fraction of sp³-hybridized carbons (Fsp3) is 0.625. The Morgan fingerprint density at radius 2 is 2.17 bits per heavy atom. The molecule has 1 heterocycles. The van der Waals surface area contributed by atoms with E-state index >= 15 is 0 Å². The number of nitrogens with one attached hydrogen (secondary N) is 1. The number of benzene rings is 1. The van der Waals surface area contributed by atoms with E-state index in [2.05, 4.69) is 51.3 Å². The molecule has 18 heavy (non-hydrogen) atoms. The van der Waals surface area contributed by atoms with Crippen LogP contribution in [0, 0.1) is 19.8 Å². The Morgan fingerprint density at radius 1 is 1.39 bits per heavy atom. The standard InChI is InChI=1S/C16H25NO/c1-5-15-14(8-9-18-15)16(17-4)13-7-6-11(2)10-12(13)3/h6-7,10,14-17H,5,8-9H2,1-4H3. The van der Waals surface area contributed by atoms with E-state index < -0.39 is 0 Å². The Kier molecular flexibility index (Phi) is 4.41. The molecule has 0 radical (unpaired) electrons. The maximum Gasteiger partial charge on any atom is 0.0619 e. The van der Waals surface area contributed by atoms with Gasteiger partial charge in [0.05, 0.1) is 6.10 Å². The highest BCUT2D eigenvalue weighted by atomic mass is 16.5. The molecule has 1 fully saturated rings. The molecule has 2 nitrogen and oxygen atoms in total. The van der Waals surface area contributed by atoms with Crippen molar-refractivity contribution in [2.75, 3.05) is 13.7 Å². The fourth-order valence-electron chi connectivity index (χ4n) is 3.24. The SMILES string of the molecule is CCC1OCCC1C(NC)c1ccc(C)cc1C. The van der Waals surface area contributed by atoms with Crippen molar-refractivity contribution in [3.8, 4) is 0 Å². The van der Waals surface area contributed by atoms with Crippen LogP contribution in [-0.4, -0.2) is 19.8 Å². The van der Waals surface area contributed by atoms with Crippen molar-refractivity contribution >= 4 is 0 Å². The van der Waals surface area contributed by atoms with Crippen molar-refractivity contribution in [1.29, 1.82) is 0 Å². The minimum atomic E-state index is 0.406. The van der Waals surface area contributed by atoms with E-state index in [1.807, 2.05) is 0 Å². The van der Waals surface area contributed by atoms with Crippen molar-refractivity contribution in [2.24, 2.45) is 5.92 Å². The van der Waals surface area contributed by atoms with E-state index in [1.54, 1.807) is 0 Å². The van der Waals surface area contributed by atoms with Crippen molar-refractivity contribution in [3.63, 3.8) is 0 Å². The molecule has 0 aliphatic carbocycles. The zero-order valence-electron chi connectivity index (χ0n) is 12.0. The molecular weight excluding hydrogens is 222 g/mol. The highest BCUT2D eigenvalue weighted by molar-refractivity contribution is 5.33. The maximum atomic E-state index is 5.84. The van der Waals surface area contributed by atoms with Crippen LogP contribution in [0.1, 0.15) is 42.5 Å². The third kappa shape index (κ3) is 2.60. The van der Waals surface area contributed by atoms with E-state index in [0.29, 0.717) is 18.1 Å². The van der Waals surface area contributed by atoms with Gasteiger partial charge in [0.2, 0.25) is 0 Å². The molecule has 0 aromatic heterocycles. The third-order valence-corrected chi connectivity index (χ3v) is 4.16. The van der Waals surface area contributed by atoms with Crippen LogP contribution in [0.5, 0.6) is 0 Å². The number of hydrogen-bond acceptors (Lipinski definition) is 2. The van der Waals surface area contributed by atoms with Crippen LogP contribution in [0.2, 0.25) is 0 Å². The lowest BCUT2D eigenvalue weighted by atomic mass is 9.84. The van der Waals surface area contributed by atoms with Gasteiger partial charge in [-0.05, 0) is 44.9 Å². The molecule has 3 atom stereocenters. The van der Waals surface area contributed by atoms with Gasteiger partial charge in [0.15, 0.2) is 0 Å². The number of hydrogen-bond donors (Lipinski definition) is 1. The summed E-state index contributed by atoms with van der Waals surface area (Å²) in [6.45, 7) is 7.49. The van der Waals surface area contributed by atoms with E-state index in [4.69, 9.17) is 4.74 Å². The second-order valence-electron chi connectivity index (χ2n) is 5.40.